The maximum atomic E-state index is 11.6. The van der Waals surface area contributed by atoms with Gasteiger partial charge in [-0.05, 0) is 20.5 Å². The van der Waals surface area contributed by atoms with Crippen LogP contribution in [0.4, 0.5) is 0 Å². The minimum atomic E-state index is -0.171. The third kappa shape index (κ3) is 2.10. The quantitative estimate of drug-likeness (QED) is 0.690. The molecule has 0 aromatic heterocycles. The molecule has 1 N–H and O–H groups in total. The van der Waals surface area contributed by atoms with E-state index in [1.54, 1.807) is 0 Å². The molecule has 0 spiro atoms. The predicted octanol–water partition coefficient (Wildman–Crippen LogP) is -0.461. The lowest BCUT2D eigenvalue weighted by atomic mass is 10.1. The summed E-state index contributed by atoms with van der Waals surface area (Å²) in [6.07, 6.45) is 0.779. The van der Waals surface area contributed by atoms with Crippen molar-refractivity contribution in [1.82, 2.24) is 15.1 Å². The van der Waals surface area contributed by atoms with E-state index in [9.17, 15) is 4.79 Å². The van der Waals surface area contributed by atoms with Crippen molar-refractivity contribution >= 4 is 11.7 Å². The van der Waals surface area contributed by atoms with Gasteiger partial charge in [0, 0.05) is 19.6 Å². The van der Waals surface area contributed by atoms with Gasteiger partial charge in [-0.2, -0.15) is 0 Å². The van der Waals surface area contributed by atoms with Gasteiger partial charge in [-0.3, -0.25) is 14.7 Å². The number of carbonyl (C=O) groups is 1. The molecule has 1 amide bonds. The molecule has 0 aromatic rings. The van der Waals surface area contributed by atoms with Gasteiger partial charge in [0.15, 0.2) is 0 Å². The van der Waals surface area contributed by atoms with Crippen LogP contribution in [-0.2, 0) is 4.79 Å². The van der Waals surface area contributed by atoms with Crippen LogP contribution in [-0.4, -0.2) is 67.4 Å². The third-order valence-electron chi connectivity index (χ3n) is 3.40. The zero-order valence-electron chi connectivity index (χ0n) is 10.2. The Balaban J connectivity index is 2.09. The Morgan fingerprint density at radius 2 is 2.19 bits per heavy atom. The Kier molecular flexibility index (Phi) is 3.25. The fraction of sp³-hybridized carbons (Fsp3) is 0.818. The van der Waals surface area contributed by atoms with Gasteiger partial charge in [0.25, 0.3) is 0 Å². The monoisotopic (exact) mass is 224 g/mol. The second kappa shape index (κ2) is 4.51. The minimum absolute atomic E-state index is 0.0547. The summed E-state index contributed by atoms with van der Waals surface area (Å²) in [5.74, 6) is 0.907. The summed E-state index contributed by atoms with van der Waals surface area (Å²) in [6, 6.07) is 0.0647. The van der Waals surface area contributed by atoms with Crippen LogP contribution >= 0.6 is 0 Å². The van der Waals surface area contributed by atoms with Crippen LogP contribution in [0.1, 0.15) is 13.3 Å². The molecule has 0 bridgehead atoms. The highest BCUT2D eigenvalue weighted by molar-refractivity contribution is 6.08. The van der Waals surface area contributed by atoms with Gasteiger partial charge < -0.3 is 10.2 Å². The second-order valence-corrected chi connectivity index (χ2v) is 4.69. The Hall–Kier alpha value is -0.940. The van der Waals surface area contributed by atoms with Crippen molar-refractivity contribution in [1.29, 1.82) is 0 Å². The number of amidine groups is 1. The summed E-state index contributed by atoms with van der Waals surface area (Å²) < 4.78 is 0. The number of piperazine rings is 1. The number of amides is 1. The molecular formula is C11H20N4O. The Morgan fingerprint density at radius 3 is 2.81 bits per heavy atom. The van der Waals surface area contributed by atoms with E-state index in [-0.39, 0.29) is 18.0 Å². The van der Waals surface area contributed by atoms with Crippen molar-refractivity contribution in [2.45, 2.75) is 25.4 Å². The first-order valence-electron chi connectivity index (χ1n) is 5.89. The first kappa shape index (κ1) is 11.5. The van der Waals surface area contributed by atoms with Gasteiger partial charge in [0.2, 0.25) is 5.91 Å². The van der Waals surface area contributed by atoms with Gasteiger partial charge in [-0.15, -0.1) is 0 Å². The number of nitrogens with one attached hydrogen (secondary N) is 1. The van der Waals surface area contributed by atoms with E-state index >= 15 is 0 Å². The molecule has 90 valence electrons. The number of rotatable bonds is 2. The van der Waals surface area contributed by atoms with E-state index in [0.717, 1.165) is 31.9 Å². The average molecular weight is 224 g/mol. The number of carbonyl (C=O) groups excluding carboxylic acids is 1. The summed E-state index contributed by atoms with van der Waals surface area (Å²) in [5.41, 5.74) is 0. The maximum Gasteiger partial charge on any atom is 0.250 e. The van der Waals surface area contributed by atoms with Gasteiger partial charge in [-0.1, -0.05) is 6.92 Å². The van der Waals surface area contributed by atoms with E-state index in [4.69, 9.17) is 0 Å². The highest BCUT2D eigenvalue weighted by atomic mass is 16.2. The number of aliphatic imine (C=N–C) groups is 1. The third-order valence-corrected chi connectivity index (χ3v) is 3.40. The maximum absolute atomic E-state index is 11.6. The van der Waals surface area contributed by atoms with Crippen LogP contribution in [0.3, 0.4) is 0 Å². The molecule has 2 heterocycles. The topological polar surface area (TPSA) is 47.9 Å². The van der Waals surface area contributed by atoms with E-state index in [1.165, 1.54) is 0 Å². The van der Waals surface area contributed by atoms with E-state index < -0.39 is 0 Å². The Bertz CT molecular complexity index is 315. The second-order valence-electron chi connectivity index (χ2n) is 4.69. The zero-order valence-corrected chi connectivity index (χ0v) is 10.2. The molecule has 0 aliphatic carbocycles. The summed E-state index contributed by atoms with van der Waals surface area (Å²) >= 11 is 0. The molecule has 16 heavy (non-hydrogen) atoms. The normalized spacial score (nSPS) is 32.7. The van der Waals surface area contributed by atoms with Crippen LogP contribution in [0.2, 0.25) is 0 Å². The average Bonchev–Trinajstić information content (AvgIpc) is 2.63. The lowest BCUT2D eigenvalue weighted by Gasteiger charge is -2.37. The smallest absolute Gasteiger partial charge is 0.250 e. The fourth-order valence-corrected chi connectivity index (χ4v) is 2.22. The van der Waals surface area contributed by atoms with E-state index in [2.05, 4.69) is 34.2 Å². The molecular weight excluding hydrogens is 204 g/mol. The standard InChI is InChI=1S/C11H20N4O/c1-4-8-11(16)13-10(12-8)9-7-14(2)5-6-15(9)3/h8-9H,4-7H2,1-3H3,(H,12,13,16). The molecule has 0 saturated carbocycles. The van der Waals surface area contributed by atoms with Crippen LogP contribution in [0.5, 0.6) is 0 Å². The molecule has 2 rings (SSSR count). The van der Waals surface area contributed by atoms with E-state index in [0.29, 0.717) is 0 Å². The van der Waals surface area contributed by atoms with Crippen LogP contribution in [0.25, 0.3) is 0 Å². The van der Waals surface area contributed by atoms with Gasteiger partial charge in [0.1, 0.15) is 11.9 Å². The number of likely N-dealkylation sites (N-methyl/N-ethyl adjacent to an activating group) is 2. The highest BCUT2D eigenvalue weighted by Crippen LogP contribution is 2.12. The lowest BCUT2D eigenvalue weighted by Crippen LogP contribution is -2.56. The summed E-state index contributed by atoms with van der Waals surface area (Å²) in [6.45, 7) is 5.03. The van der Waals surface area contributed by atoms with E-state index in [1.807, 2.05) is 6.92 Å². The molecule has 1 saturated heterocycles. The summed E-state index contributed by atoms with van der Waals surface area (Å²) in [7, 11) is 4.19. The van der Waals surface area contributed by atoms with Crippen LogP contribution in [0.15, 0.2) is 4.99 Å². The molecule has 2 unspecified atom stereocenters. The predicted molar refractivity (Wildman–Crippen MR) is 63.6 cm³/mol. The fourth-order valence-electron chi connectivity index (χ4n) is 2.22. The number of hydrogen-bond donors (Lipinski definition) is 1. The van der Waals surface area contributed by atoms with Crippen molar-refractivity contribution in [3.05, 3.63) is 0 Å². The van der Waals surface area contributed by atoms with Crippen molar-refractivity contribution < 1.29 is 4.79 Å². The molecule has 5 heteroatoms. The van der Waals surface area contributed by atoms with Gasteiger partial charge in [0.05, 0.1) is 6.04 Å². The molecule has 1 fully saturated rings. The van der Waals surface area contributed by atoms with Crippen molar-refractivity contribution in [2.24, 2.45) is 4.99 Å². The summed E-state index contributed by atoms with van der Waals surface area (Å²) in [5, 5.41) is 2.92. The highest BCUT2D eigenvalue weighted by Gasteiger charge is 2.33. The molecule has 0 aromatic carbocycles. The molecule has 2 aliphatic rings. The number of hydrogen-bond acceptors (Lipinski definition) is 4. The number of nitrogens with zero attached hydrogens (tertiary/aromatic N) is 3. The van der Waals surface area contributed by atoms with Crippen molar-refractivity contribution in [3.8, 4) is 0 Å². The Morgan fingerprint density at radius 1 is 1.44 bits per heavy atom. The SMILES string of the molecule is CCC1N=C(C2CN(C)CCN2C)NC1=O. The zero-order chi connectivity index (χ0) is 11.7. The van der Waals surface area contributed by atoms with Crippen LogP contribution in [0, 0.1) is 0 Å². The van der Waals surface area contributed by atoms with Gasteiger partial charge in [-0.25, -0.2) is 0 Å². The Labute approximate surface area is 96.5 Å². The molecule has 0 radical (unpaired) electrons. The lowest BCUT2D eigenvalue weighted by molar-refractivity contribution is -0.120. The van der Waals surface area contributed by atoms with Crippen LogP contribution < -0.4 is 5.32 Å². The summed E-state index contributed by atoms with van der Waals surface area (Å²) in [4.78, 5) is 20.6. The first-order valence-corrected chi connectivity index (χ1v) is 5.89. The first-order chi connectivity index (χ1) is 7.61. The largest absolute Gasteiger partial charge is 0.311 e. The molecule has 2 aliphatic heterocycles. The molecule has 5 nitrogen and oxygen atoms in total. The minimum Gasteiger partial charge on any atom is -0.311 e. The molecule has 2 atom stereocenters. The van der Waals surface area contributed by atoms with Crippen molar-refractivity contribution in [2.75, 3.05) is 33.7 Å². The van der Waals surface area contributed by atoms with Crippen molar-refractivity contribution in [3.63, 3.8) is 0 Å². The van der Waals surface area contributed by atoms with Gasteiger partial charge >= 0.3 is 0 Å².